The number of hydrogen-bond donors (Lipinski definition) is 1. The normalized spacial score (nSPS) is 11.6. The van der Waals surface area contributed by atoms with Crippen molar-refractivity contribution in [3.05, 3.63) is 64.7 Å². The average Bonchev–Trinajstić information content (AvgIpc) is 3.28. The summed E-state index contributed by atoms with van der Waals surface area (Å²) < 4.78 is 11.1. The molecule has 0 saturated carbocycles. The standard InChI is InChI=1S/C24H26ClN5O3S/c1-5-16(6-2)9-7-8-10-33-24-30-29-23(34-24)28-22(31)19-13-26-15(3)11-17(19)18-12-21(25)27-14-20(18)32-4/h5,7,9,11-14H,6,8,10H2,1-4H3,(H,28,29,31)/b9-7-,16-5-. The van der Waals surface area contributed by atoms with Crippen LogP contribution in [0.2, 0.25) is 5.15 Å². The molecule has 0 aromatic carbocycles. The van der Waals surface area contributed by atoms with Gasteiger partial charge in [0.25, 0.3) is 11.1 Å². The summed E-state index contributed by atoms with van der Waals surface area (Å²) in [5, 5.41) is 11.8. The molecule has 8 nitrogen and oxygen atoms in total. The van der Waals surface area contributed by atoms with E-state index in [-0.39, 0.29) is 11.1 Å². The first-order valence-corrected chi connectivity index (χ1v) is 11.9. The molecule has 10 heteroatoms. The molecule has 0 atom stereocenters. The molecule has 1 amide bonds. The van der Waals surface area contributed by atoms with Gasteiger partial charge in [0, 0.05) is 23.0 Å². The van der Waals surface area contributed by atoms with Gasteiger partial charge in [0.2, 0.25) is 5.13 Å². The van der Waals surface area contributed by atoms with E-state index in [4.69, 9.17) is 21.1 Å². The Morgan fingerprint density at radius 1 is 1.21 bits per heavy atom. The Kier molecular flexibility index (Phi) is 9.12. The number of aromatic nitrogens is 4. The SMILES string of the molecule is C/C=C(\C=C/CCOc1nnc(NC(=O)c2cnc(C)cc2-c2cc(Cl)ncc2OC)s1)CC. The van der Waals surface area contributed by atoms with Crippen LogP contribution in [0.15, 0.2) is 48.3 Å². The molecule has 0 aliphatic rings. The zero-order chi connectivity index (χ0) is 24.5. The van der Waals surface area contributed by atoms with Crippen molar-refractivity contribution in [3.8, 4) is 22.1 Å². The number of ether oxygens (including phenoxy) is 2. The van der Waals surface area contributed by atoms with E-state index in [2.05, 4.69) is 50.6 Å². The first-order chi connectivity index (χ1) is 16.4. The quantitative estimate of drug-likeness (QED) is 0.210. The number of carbonyl (C=O) groups excluding carboxylic acids is 1. The van der Waals surface area contributed by atoms with Crippen molar-refractivity contribution >= 4 is 34.0 Å². The van der Waals surface area contributed by atoms with Gasteiger partial charge >= 0.3 is 0 Å². The monoisotopic (exact) mass is 499 g/mol. The van der Waals surface area contributed by atoms with Crippen molar-refractivity contribution in [2.24, 2.45) is 0 Å². The van der Waals surface area contributed by atoms with Gasteiger partial charge in [0.05, 0.1) is 25.5 Å². The maximum Gasteiger partial charge on any atom is 0.295 e. The number of aryl methyl sites for hydroxylation is 1. The second kappa shape index (κ2) is 12.2. The van der Waals surface area contributed by atoms with Gasteiger partial charge in [-0.3, -0.25) is 15.1 Å². The van der Waals surface area contributed by atoms with E-state index in [1.165, 1.54) is 25.1 Å². The number of amides is 1. The van der Waals surface area contributed by atoms with Crippen LogP contribution < -0.4 is 14.8 Å². The number of hydrogen-bond acceptors (Lipinski definition) is 8. The van der Waals surface area contributed by atoms with E-state index in [9.17, 15) is 4.79 Å². The number of pyridine rings is 2. The molecular formula is C24H26ClN5O3S. The molecule has 0 saturated heterocycles. The van der Waals surface area contributed by atoms with Gasteiger partial charge in [0.1, 0.15) is 10.9 Å². The van der Waals surface area contributed by atoms with Crippen molar-refractivity contribution in [2.45, 2.75) is 33.6 Å². The predicted octanol–water partition coefficient (Wildman–Crippen LogP) is 5.90. The molecule has 3 aromatic rings. The number of methoxy groups -OCH3 is 1. The fraction of sp³-hybridized carbons (Fsp3) is 0.292. The van der Waals surface area contributed by atoms with Crippen LogP contribution in [-0.2, 0) is 0 Å². The Morgan fingerprint density at radius 2 is 2.03 bits per heavy atom. The molecule has 0 aliphatic heterocycles. The molecule has 0 aliphatic carbocycles. The summed E-state index contributed by atoms with van der Waals surface area (Å²) in [5.41, 5.74) is 3.60. The molecule has 3 heterocycles. The second-order valence-electron chi connectivity index (χ2n) is 7.16. The Hall–Kier alpha value is -3.30. The second-order valence-corrected chi connectivity index (χ2v) is 8.49. The van der Waals surface area contributed by atoms with Crippen LogP contribution >= 0.6 is 22.9 Å². The lowest BCUT2D eigenvalue weighted by Crippen LogP contribution is -2.14. The first-order valence-electron chi connectivity index (χ1n) is 10.7. The first kappa shape index (κ1) is 25.3. The van der Waals surface area contributed by atoms with Gasteiger partial charge in [-0.25, -0.2) is 4.98 Å². The fourth-order valence-corrected chi connectivity index (χ4v) is 3.88. The molecule has 0 radical (unpaired) electrons. The van der Waals surface area contributed by atoms with E-state index >= 15 is 0 Å². The maximum absolute atomic E-state index is 13.1. The molecule has 0 unspecified atom stereocenters. The Morgan fingerprint density at radius 3 is 2.76 bits per heavy atom. The van der Waals surface area contributed by atoms with Crippen molar-refractivity contribution in [1.82, 2.24) is 20.2 Å². The third-order valence-electron chi connectivity index (χ3n) is 4.88. The van der Waals surface area contributed by atoms with Crippen LogP contribution in [0, 0.1) is 6.92 Å². The highest BCUT2D eigenvalue weighted by Gasteiger charge is 2.19. The number of nitrogens with one attached hydrogen (secondary N) is 1. The minimum Gasteiger partial charge on any atom is -0.494 e. The summed E-state index contributed by atoms with van der Waals surface area (Å²) in [6.07, 6.45) is 11.0. The van der Waals surface area contributed by atoms with Gasteiger partial charge in [-0.2, -0.15) is 0 Å². The summed E-state index contributed by atoms with van der Waals surface area (Å²) in [5.74, 6) is 0.103. The molecule has 0 bridgehead atoms. The smallest absolute Gasteiger partial charge is 0.295 e. The van der Waals surface area contributed by atoms with Crippen LogP contribution in [0.4, 0.5) is 5.13 Å². The number of nitrogens with zero attached hydrogens (tertiary/aromatic N) is 4. The molecule has 34 heavy (non-hydrogen) atoms. The van der Waals surface area contributed by atoms with Crippen molar-refractivity contribution in [1.29, 1.82) is 0 Å². The highest BCUT2D eigenvalue weighted by atomic mass is 35.5. The van der Waals surface area contributed by atoms with E-state index in [0.717, 1.165) is 29.9 Å². The lowest BCUT2D eigenvalue weighted by Gasteiger charge is -2.13. The van der Waals surface area contributed by atoms with Crippen LogP contribution in [0.1, 0.15) is 42.7 Å². The fourth-order valence-electron chi connectivity index (χ4n) is 3.10. The van der Waals surface area contributed by atoms with Crippen LogP contribution in [0.25, 0.3) is 11.1 Å². The molecule has 0 spiro atoms. The lowest BCUT2D eigenvalue weighted by molar-refractivity contribution is 0.102. The van der Waals surface area contributed by atoms with Gasteiger partial charge in [-0.15, -0.1) is 5.10 Å². The third-order valence-corrected chi connectivity index (χ3v) is 5.84. The van der Waals surface area contributed by atoms with E-state index in [1.807, 2.05) is 13.8 Å². The number of anilines is 1. The molecular weight excluding hydrogens is 474 g/mol. The average molecular weight is 500 g/mol. The molecule has 178 valence electrons. The Labute approximate surface area is 207 Å². The third kappa shape index (κ3) is 6.61. The highest BCUT2D eigenvalue weighted by Crippen LogP contribution is 2.34. The summed E-state index contributed by atoms with van der Waals surface area (Å²) in [7, 11) is 1.53. The van der Waals surface area contributed by atoms with Crippen molar-refractivity contribution < 1.29 is 14.3 Å². The zero-order valence-corrected chi connectivity index (χ0v) is 21.0. The molecule has 3 rings (SSSR count). The summed E-state index contributed by atoms with van der Waals surface area (Å²) in [6.45, 7) is 6.45. The summed E-state index contributed by atoms with van der Waals surface area (Å²) in [4.78, 5) is 21.4. The van der Waals surface area contributed by atoms with Crippen LogP contribution in [-0.4, -0.2) is 39.8 Å². The number of carbonyl (C=O) groups is 1. The summed E-state index contributed by atoms with van der Waals surface area (Å²) in [6, 6.07) is 3.44. The molecule has 1 N–H and O–H groups in total. The van der Waals surface area contributed by atoms with Crippen molar-refractivity contribution in [2.75, 3.05) is 19.0 Å². The molecule has 3 aromatic heterocycles. The Balaban J connectivity index is 1.71. The van der Waals surface area contributed by atoms with E-state index in [1.54, 1.807) is 12.1 Å². The van der Waals surface area contributed by atoms with E-state index in [0.29, 0.717) is 39.4 Å². The largest absolute Gasteiger partial charge is 0.494 e. The van der Waals surface area contributed by atoms with Crippen LogP contribution in [0.3, 0.4) is 0 Å². The number of halogens is 1. The number of allylic oxidation sites excluding steroid dienone is 3. The topological polar surface area (TPSA) is 99.1 Å². The highest BCUT2D eigenvalue weighted by molar-refractivity contribution is 7.17. The minimum atomic E-state index is -0.387. The molecule has 0 fully saturated rings. The van der Waals surface area contributed by atoms with Gasteiger partial charge < -0.3 is 9.47 Å². The number of rotatable bonds is 10. The maximum atomic E-state index is 13.1. The predicted molar refractivity (Wildman–Crippen MR) is 135 cm³/mol. The van der Waals surface area contributed by atoms with Crippen LogP contribution in [0.5, 0.6) is 10.9 Å². The van der Waals surface area contributed by atoms with Gasteiger partial charge in [-0.1, -0.05) is 47.4 Å². The van der Waals surface area contributed by atoms with E-state index < -0.39 is 0 Å². The summed E-state index contributed by atoms with van der Waals surface area (Å²) >= 11 is 7.26. The van der Waals surface area contributed by atoms with Gasteiger partial charge in [0.15, 0.2) is 0 Å². The lowest BCUT2D eigenvalue weighted by atomic mass is 10.0. The Bertz CT molecular complexity index is 1210. The van der Waals surface area contributed by atoms with Crippen molar-refractivity contribution in [3.63, 3.8) is 0 Å². The van der Waals surface area contributed by atoms with Gasteiger partial charge in [-0.05, 0) is 50.2 Å². The minimum absolute atomic E-state index is 0.286. The zero-order valence-electron chi connectivity index (χ0n) is 19.5.